The number of benzene rings is 2. The van der Waals surface area contributed by atoms with Crippen LogP contribution in [0.5, 0.6) is 0 Å². The standard InChI is InChI=1S/C29H32F2N4O3S/c30-29(31)12-11-22(23(17-29)20-7-3-1-4-8-20)26(36)34-15-13-28(38,14-16-34)18-35-19-33-25(24(32)27(35)37)39-21-9-5-2-6-10-21/h1-10,19,22-23,38H,11-18,32H2/t22-,23+/m1/s1. The number of nitrogen functional groups attached to an aromatic ring is 1. The maximum atomic E-state index is 14.3. The number of aromatic nitrogens is 2. The van der Waals surface area contributed by atoms with Gasteiger partial charge in [-0.25, -0.2) is 13.8 Å². The van der Waals surface area contributed by atoms with Gasteiger partial charge in [0, 0.05) is 42.7 Å². The summed E-state index contributed by atoms with van der Waals surface area (Å²) in [5.41, 5.74) is 5.22. The van der Waals surface area contributed by atoms with Crippen LogP contribution in [0.4, 0.5) is 14.5 Å². The van der Waals surface area contributed by atoms with E-state index in [1.807, 2.05) is 48.5 Å². The zero-order chi connectivity index (χ0) is 27.6. The van der Waals surface area contributed by atoms with Gasteiger partial charge in [-0.3, -0.25) is 14.2 Å². The number of nitrogens with zero attached hydrogens (tertiary/aromatic N) is 3. The zero-order valence-corrected chi connectivity index (χ0v) is 22.3. The Hall–Kier alpha value is -3.24. The van der Waals surface area contributed by atoms with Crippen molar-refractivity contribution in [1.29, 1.82) is 0 Å². The fraction of sp³-hybridized carbons (Fsp3) is 0.414. The van der Waals surface area contributed by atoms with Gasteiger partial charge in [0.1, 0.15) is 10.7 Å². The van der Waals surface area contributed by atoms with Crippen molar-refractivity contribution in [3.8, 4) is 0 Å². The number of carbonyl (C=O) groups excluding carboxylic acids is 1. The topological polar surface area (TPSA) is 101 Å². The molecule has 1 aliphatic carbocycles. The number of carbonyl (C=O) groups is 1. The molecule has 0 bridgehead atoms. The molecule has 3 aromatic rings. The van der Waals surface area contributed by atoms with Gasteiger partial charge < -0.3 is 15.7 Å². The van der Waals surface area contributed by atoms with Crippen LogP contribution in [0.3, 0.4) is 0 Å². The van der Waals surface area contributed by atoms with E-state index < -0.39 is 28.9 Å². The average molecular weight is 555 g/mol. The summed E-state index contributed by atoms with van der Waals surface area (Å²) in [5, 5.41) is 11.7. The Morgan fingerprint density at radius 2 is 1.69 bits per heavy atom. The molecule has 7 nitrogen and oxygen atoms in total. The molecule has 0 radical (unpaired) electrons. The molecule has 0 unspecified atom stereocenters. The molecule has 10 heteroatoms. The normalized spacial score (nSPS) is 22.4. The summed E-state index contributed by atoms with van der Waals surface area (Å²) in [6.45, 7) is 0.566. The molecule has 1 saturated carbocycles. The molecule has 2 fully saturated rings. The molecule has 2 atom stereocenters. The number of anilines is 1. The SMILES string of the molecule is Nc1c(Sc2ccccc2)ncn(CC2(O)CCN(C(=O)[C@@H]3CCC(F)(F)C[C@H]3c3ccccc3)CC2)c1=O. The van der Waals surface area contributed by atoms with Crippen LogP contribution in [0.1, 0.15) is 43.6 Å². The van der Waals surface area contributed by atoms with Crippen LogP contribution in [0.15, 0.2) is 81.7 Å². The van der Waals surface area contributed by atoms with E-state index in [0.29, 0.717) is 5.03 Å². The number of hydrogen-bond acceptors (Lipinski definition) is 6. The first-order valence-corrected chi connectivity index (χ1v) is 14.0. The van der Waals surface area contributed by atoms with Gasteiger partial charge in [0.15, 0.2) is 0 Å². The number of nitrogens with two attached hydrogens (primary N) is 1. The highest BCUT2D eigenvalue weighted by atomic mass is 32.2. The summed E-state index contributed by atoms with van der Waals surface area (Å²) < 4.78 is 30.0. The van der Waals surface area contributed by atoms with Gasteiger partial charge in [-0.15, -0.1) is 0 Å². The van der Waals surface area contributed by atoms with Crippen molar-refractivity contribution in [1.82, 2.24) is 14.5 Å². The fourth-order valence-electron chi connectivity index (χ4n) is 5.62. The third-order valence-electron chi connectivity index (χ3n) is 7.83. The number of halogens is 2. The minimum atomic E-state index is -2.79. The summed E-state index contributed by atoms with van der Waals surface area (Å²) in [5.74, 6) is -4.02. The first-order valence-electron chi connectivity index (χ1n) is 13.2. The minimum Gasteiger partial charge on any atom is -0.392 e. The van der Waals surface area contributed by atoms with Gasteiger partial charge >= 0.3 is 0 Å². The molecule has 39 heavy (non-hydrogen) atoms. The van der Waals surface area contributed by atoms with Gasteiger partial charge in [-0.1, -0.05) is 60.3 Å². The largest absolute Gasteiger partial charge is 0.392 e. The second kappa shape index (κ2) is 11.1. The highest BCUT2D eigenvalue weighted by Crippen LogP contribution is 2.46. The zero-order valence-electron chi connectivity index (χ0n) is 21.5. The first kappa shape index (κ1) is 27.3. The monoisotopic (exact) mass is 554 g/mol. The number of alkyl halides is 2. The molecular weight excluding hydrogens is 522 g/mol. The molecule has 2 heterocycles. The molecule has 1 aliphatic heterocycles. The van der Waals surface area contributed by atoms with E-state index in [0.717, 1.165) is 10.5 Å². The van der Waals surface area contributed by atoms with E-state index >= 15 is 0 Å². The van der Waals surface area contributed by atoms with Crippen LogP contribution in [0, 0.1) is 5.92 Å². The van der Waals surface area contributed by atoms with E-state index in [-0.39, 0.29) is 63.3 Å². The van der Waals surface area contributed by atoms with Crippen molar-refractivity contribution in [2.45, 2.75) is 66.0 Å². The summed E-state index contributed by atoms with van der Waals surface area (Å²) in [7, 11) is 0. The highest BCUT2D eigenvalue weighted by molar-refractivity contribution is 7.99. The van der Waals surface area contributed by atoms with Gasteiger partial charge in [0.25, 0.3) is 5.56 Å². The quantitative estimate of drug-likeness (QED) is 0.434. The van der Waals surface area contributed by atoms with Crippen molar-refractivity contribution in [3.05, 3.63) is 82.9 Å². The van der Waals surface area contributed by atoms with Crippen LogP contribution >= 0.6 is 11.8 Å². The van der Waals surface area contributed by atoms with Crippen molar-refractivity contribution in [2.24, 2.45) is 5.92 Å². The molecule has 5 rings (SSSR count). The van der Waals surface area contributed by atoms with E-state index in [2.05, 4.69) is 4.98 Å². The average Bonchev–Trinajstić information content (AvgIpc) is 2.93. The van der Waals surface area contributed by atoms with Gasteiger partial charge in [0.2, 0.25) is 11.8 Å². The number of hydrogen-bond donors (Lipinski definition) is 2. The third-order valence-corrected chi connectivity index (χ3v) is 8.86. The lowest BCUT2D eigenvalue weighted by Crippen LogP contribution is -2.52. The van der Waals surface area contributed by atoms with Gasteiger partial charge in [-0.05, 0) is 37.0 Å². The molecule has 206 valence electrons. The Morgan fingerprint density at radius 3 is 2.36 bits per heavy atom. The van der Waals surface area contributed by atoms with Crippen LogP contribution in [0.25, 0.3) is 0 Å². The Kier molecular flexibility index (Phi) is 7.77. The van der Waals surface area contributed by atoms with Crippen LogP contribution in [-0.4, -0.2) is 50.1 Å². The predicted molar refractivity (Wildman–Crippen MR) is 146 cm³/mol. The van der Waals surface area contributed by atoms with Crippen molar-refractivity contribution in [2.75, 3.05) is 18.8 Å². The lowest BCUT2D eigenvalue weighted by atomic mass is 9.73. The number of aliphatic hydroxyl groups is 1. The van der Waals surface area contributed by atoms with Crippen molar-refractivity contribution < 1.29 is 18.7 Å². The van der Waals surface area contributed by atoms with E-state index in [4.69, 9.17) is 5.73 Å². The summed E-state index contributed by atoms with van der Waals surface area (Å²) in [6, 6.07) is 18.5. The maximum Gasteiger partial charge on any atom is 0.277 e. The highest BCUT2D eigenvalue weighted by Gasteiger charge is 2.46. The molecule has 1 amide bonds. The predicted octanol–water partition coefficient (Wildman–Crippen LogP) is 4.55. The van der Waals surface area contributed by atoms with Gasteiger partial charge in [0.05, 0.1) is 18.5 Å². The summed E-state index contributed by atoms with van der Waals surface area (Å²) in [4.78, 5) is 33.4. The second-order valence-electron chi connectivity index (χ2n) is 10.6. The summed E-state index contributed by atoms with van der Waals surface area (Å²) >= 11 is 1.29. The number of rotatable bonds is 6. The lowest BCUT2D eigenvalue weighted by molar-refractivity contribution is -0.145. The van der Waals surface area contributed by atoms with Gasteiger partial charge in [-0.2, -0.15) is 0 Å². The van der Waals surface area contributed by atoms with Crippen molar-refractivity contribution in [3.63, 3.8) is 0 Å². The molecule has 3 N–H and O–H groups in total. The molecule has 1 saturated heterocycles. The molecular formula is C29H32F2N4O3S. The third kappa shape index (κ3) is 6.17. The van der Waals surface area contributed by atoms with Crippen LogP contribution in [-0.2, 0) is 11.3 Å². The Labute approximate surface area is 230 Å². The summed E-state index contributed by atoms with van der Waals surface area (Å²) in [6.07, 6.45) is 1.38. The van der Waals surface area contributed by atoms with Crippen molar-refractivity contribution >= 4 is 23.4 Å². The minimum absolute atomic E-state index is 0.00361. The smallest absolute Gasteiger partial charge is 0.277 e. The lowest BCUT2D eigenvalue weighted by Gasteiger charge is -2.42. The molecule has 2 aliphatic rings. The molecule has 1 aromatic heterocycles. The molecule has 2 aromatic carbocycles. The number of piperidine rings is 1. The first-order chi connectivity index (χ1) is 18.6. The molecule has 0 spiro atoms. The van der Waals surface area contributed by atoms with Crippen LogP contribution in [0.2, 0.25) is 0 Å². The van der Waals surface area contributed by atoms with Crippen LogP contribution < -0.4 is 11.3 Å². The Morgan fingerprint density at radius 1 is 1.05 bits per heavy atom. The number of amides is 1. The fourth-order valence-corrected chi connectivity index (χ4v) is 6.43. The maximum absolute atomic E-state index is 14.3. The van der Waals surface area contributed by atoms with E-state index in [1.165, 1.54) is 22.7 Å². The van der Waals surface area contributed by atoms with E-state index in [9.17, 15) is 23.5 Å². The van der Waals surface area contributed by atoms with E-state index in [1.54, 1.807) is 17.0 Å². The Bertz CT molecular complexity index is 1360. The Balaban J connectivity index is 1.24. The second-order valence-corrected chi connectivity index (χ2v) is 11.6. The number of likely N-dealkylation sites (tertiary alicyclic amines) is 1.